The quantitative estimate of drug-likeness (QED) is 0.923. The summed E-state index contributed by atoms with van der Waals surface area (Å²) < 4.78 is 1.82. The molecule has 0 spiro atoms. The van der Waals surface area contributed by atoms with Gasteiger partial charge in [0.05, 0.1) is 16.8 Å². The summed E-state index contributed by atoms with van der Waals surface area (Å²) in [6.07, 6.45) is 4.40. The Bertz CT molecular complexity index is 683. The Morgan fingerprint density at radius 3 is 2.81 bits per heavy atom. The summed E-state index contributed by atoms with van der Waals surface area (Å²) in [4.78, 5) is 16.6. The first-order valence-corrected chi connectivity index (χ1v) is 8.38. The highest BCUT2D eigenvalue weighted by Crippen LogP contribution is 2.38. The molecule has 2 aromatic heterocycles. The molecular formula is C15H22N4OS. The van der Waals surface area contributed by atoms with E-state index in [-0.39, 0.29) is 5.91 Å². The molecule has 1 aliphatic carbocycles. The Hall–Kier alpha value is -1.56. The SMILES string of the molecule is CCCCN(C(=O)c1sc2c(c(C)nn2C)c1N)C1CC1. The number of nitrogen functional groups attached to an aromatic ring is 1. The first-order chi connectivity index (χ1) is 10.0. The van der Waals surface area contributed by atoms with Gasteiger partial charge in [0.2, 0.25) is 0 Å². The van der Waals surface area contributed by atoms with E-state index in [9.17, 15) is 4.79 Å². The van der Waals surface area contributed by atoms with Crippen LogP contribution in [-0.4, -0.2) is 33.2 Å². The van der Waals surface area contributed by atoms with E-state index in [1.54, 1.807) is 0 Å². The van der Waals surface area contributed by atoms with Gasteiger partial charge in [-0.2, -0.15) is 5.10 Å². The Balaban J connectivity index is 1.96. The highest BCUT2D eigenvalue weighted by Gasteiger charge is 2.34. The summed E-state index contributed by atoms with van der Waals surface area (Å²) in [7, 11) is 1.90. The van der Waals surface area contributed by atoms with Gasteiger partial charge in [0.1, 0.15) is 9.71 Å². The van der Waals surface area contributed by atoms with Crippen LogP contribution < -0.4 is 5.73 Å². The van der Waals surface area contributed by atoms with Gasteiger partial charge in [-0.15, -0.1) is 11.3 Å². The third kappa shape index (κ3) is 2.41. The van der Waals surface area contributed by atoms with Crippen LogP contribution in [-0.2, 0) is 7.05 Å². The van der Waals surface area contributed by atoms with Gasteiger partial charge < -0.3 is 10.6 Å². The minimum absolute atomic E-state index is 0.101. The summed E-state index contributed by atoms with van der Waals surface area (Å²) in [6, 6.07) is 0.424. The molecule has 0 atom stereocenters. The predicted molar refractivity (Wildman–Crippen MR) is 86.7 cm³/mol. The molecule has 0 unspecified atom stereocenters. The van der Waals surface area contributed by atoms with Crippen molar-refractivity contribution in [1.82, 2.24) is 14.7 Å². The van der Waals surface area contributed by atoms with E-state index in [0.717, 1.165) is 48.1 Å². The summed E-state index contributed by atoms with van der Waals surface area (Å²) in [6.45, 7) is 4.93. The van der Waals surface area contributed by atoms with Crippen LogP contribution in [0.5, 0.6) is 0 Å². The number of nitrogens with two attached hydrogens (primary N) is 1. The van der Waals surface area contributed by atoms with Crippen molar-refractivity contribution in [2.45, 2.75) is 45.6 Å². The molecule has 1 amide bonds. The van der Waals surface area contributed by atoms with Crippen LogP contribution in [0.3, 0.4) is 0 Å². The first-order valence-electron chi connectivity index (χ1n) is 7.57. The van der Waals surface area contributed by atoms with Crippen molar-refractivity contribution in [2.24, 2.45) is 7.05 Å². The zero-order valence-corrected chi connectivity index (χ0v) is 13.7. The summed E-state index contributed by atoms with van der Waals surface area (Å²) in [5.74, 6) is 0.101. The maximum absolute atomic E-state index is 12.9. The average Bonchev–Trinajstić information content (AvgIpc) is 3.15. The number of amides is 1. The van der Waals surface area contributed by atoms with E-state index in [2.05, 4.69) is 12.0 Å². The molecule has 0 radical (unpaired) electrons. The second kappa shape index (κ2) is 5.33. The highest BCUT2D eigenvalue weighted by atomic mass is 32.1. The lowest BCUT2D eigenvalue weighted by Crippen LogP contribution is -2.33. The average molecular weight is 306 g/mol. The van der Waals surface area contributed by atoms with E-state index in [1.165, 1.54) is 11.3 Å². The molecule has 1 saturated carbocycles. The number of thiophene rings is 1. The molecule has 5 nitrogen and oxygen atoms in total. The summed E-state index contributed by atoms with van der Waals surface area (Å²) in [5, 5.41) is 5.32. The Morgan fingerprint density at radius 1 is 1.52 bits per heavy atom. The number of hydrogen-bond donors (Lipinski definition) is 1. The van der Waals surface area contributed by atoms with Crippen molar-refractivity contribution >= 4 is 33.1 Å². The van der Waals surface area contributed by atoms with E-state index >= 15 is 0 Å². The number of fused-ring (bicyclic) bond motifs is 1. The molecule has 2 N–H and O–H groups in total. The fourth-order valence-corrected chi connectivity index (χ4v) is 3.93. The van der Waals surface area contributed by atoms with Crippen LogP contribution in [0.4, 0.5) is 5.69 Å². The molecule has 1 aliphatic rings. The van der Waals surface area contributed by atoms with Gasteiger partial charge in [-0.3, -0.25) is 9.48 Å². The second-order valence-corrected chi connectivity index (χ2v) is 6.82. The lowest BCUT2D eigenvalue weighted by Gasteiger charge is -2.21. The molecule has 21 heavy (non-hydrogen) atoms. The molecule has 3 rings (SSSR count). The van der Waals surface area contributed by atoms with Crippen molar-refractivity contribution in [3.63, 3.8) is 0 Å². The maximum Gasteiger partial charge on any atom is 0.266 e. The van der Waals surface area contributed by atoms with Crippen LogP contribution in [0.25, 0.3) is 10.2 Å². The minimum Gasteiger partial charge on any atom is -0.397 e. The van der Waals surface area contributed by atoms with E-state index < -0.39 is 0 Å². The molecule has 1 fully saturated rings. The molecule has 2 heterocycles. The first kappa shape index (κ1) is 14.4. The van der Waals surface area contributed by atoms with Crippen LogP contribution in [0.2, 0.25) is 0 Å². The number of rotatable bonds is 5. The Morgan fingerprint density at radius 2 is 2.24 bits per heavy atom. The number of hydrogen-bond acceptors (Lipinski definition) is 4. The van der Waals surface area contributed by atoms with Crippen LogP contribution in [0.1, 0.15) is 48.0 Å². The van der Waals surface area contributed by atoms with Crippen molar-refractivity contribution in [1.29, 1.82) is 0 Å². The van der Waals surface area contributed by atoms with E-state index in [1.807, 2.05) is 23.6 Å². The van der Waals surface area contributed by atoms with Crippen LogP contribution in [0.15, 0.2) is 0 Å². The molecule has 6 heteroatoms. The maximum atomic E-state index is 12.9. The smallest absolute Gasteiger partial charge is 0.266 e. The monoisotopic (exact) mass is 306 g/mol. The molecule has 0 bridgehead atoms. The largest absolute Gasteiger partial charge is 0.397 e. The zero-order chi connectivity index (χ0) is 15.1. The third-order valence-electron chi connectivity index (χ3n) is 4.08. The van der Waals surface area contributed by atoms with Gasteiger partial charge in [-0.05, 0) is 26.2 Å². The normalized spacial score (nSPS) is 14.8. The highest BCUT2D eigenvalue weighted by molar-refractivity contribution is 7.21. The number of carbonyl (C=O) groups is 1. The number of anilines is 1. The van der Waals surface area contributed by atoms with Gasteiger partial charge in [0.15, 0.2) is 0 Å². The fourth-order valence-electron chi connectivity index (χ4n) is 2.78. The van der Waals surface area contributed by atoms with Crippen molar-refractivity contribution in [3.8, 4) is 0 Å². The number of aromatic nitrogens is 2. The van der Waals surface area contributed by atoms with Crippen LogP contribution in [0, 0.1) is 6.92 Å². The molecule has 114 valence electrons. The van der Waals surface area contributed by atoms with Crippen molar-refractivity contribution in [2.75, 3.05) is 12.3 Å². The predicted octanol–water partition coefficient (Wildman–Crippen LogP) is 2.93. The van der Waals surface area contributed by atoms with Crippen LogP contribution >= 0.6 is 11.3 Å². The number of carbonyl (C=O) groups excluding carboxylic acids is 1. The van der Waals surface area contributed by atoms with Gasteiger partial charge in [0, 0.05) is 19.6 Å². The number of aryl methyl sites for hydroxylation is 2. The number of nitrogens with zero attached hydrogens (tertiary/aromatic N) is 3. The second-order valence-electron chi connectivity index (χ2n) is 5.82. The molecule has 0 aliphatic heterocycles. The fraction of sp³-hybridized carbons (Fsp3) is 0.600. The molecule has 2 aromatic rings. The van der Waals surface area contributed by atoms with E-state index in [0.29, 0.717) is 16.6 Å². The third-order valence-corrected chi connectivity index (χ3v) is 5.34. The molecule has 0 saturated heterocycles. The lowest BCUT2D eigenvalue weighted by atomic mass is 10.2. The Labute approximate surface area is 128 Å². The van der Waals surface area contributed by atoms with Gasteiger partial charge >= 0.3 is 0 Å². The number of unbranched alkanes of at least 4 members (excludes halogenated alkanes) is 1. The minimum atomic E-state index is 0.101. The summed E-state index contributed by atoms with van der Waals surface area (Å²) >= 11 is 1.47. The van der Waals surface area contributed by atoms with Gasteiger partial charge in [0.25, 0.3) is 5.91 Å². The van der Waals surface area contributed by atoms with Gasteiger partial charge in [-0.1, -0.05) is 13.3 Å². The van der Waals surface area contributed by atoms with Gasteiger partial charge in [-0.25, -0.2) is 0 Å². The molecule has 0 aromatic carbocycles. The van der Waals surface area contributed by atoms with Crippen molar-refractivity contribution < 1.29 is 4.79 Å². The zero-order valence-electron chi connectivity index (χ0n) is 12.8. The Kier molecular flexibility index (Phi) is 3.65. The van der Waals surface area contributed by atoms with E-state index in [4.69, 9.17) is 5.73 Å². The standard InChI is InChI=1S/C15H22N4OS/c1-4-5-8-19(10-6-7-10)14(20)13-12(16)11-9(2)17-18(3)15(11)21-13/h10H,4-8,16H2,1-3H3. The van der Waals surface area contributed by atoms with Crippen molar-refractivity contribution in [3.05, 3.63) is 10.6 Å². The summed E-state index contributed by atoms with van der Waals surface area (Å²) in [5.41, 5.74) is 7.75. The topological polar surface area (TPSA) is 64.2 Å². The lowest BCUT2D eigenvalue weighted by molar-refractivity contribution is 0.0746. The molecular weight excluding hydrogens is 284 g/mol.